The molecule has 2 heterocycles. The number of nitrogens with one attached hydrogen (secondary N) is 2. The lowest BCUT2D eigenvalue weighted by atomic mass is 10.1. The van der Waals surface area contributed by atoms with Gasteiger partial charge in [0.05, 0.1) is 29.9 Å². The average Bonchev–Trinajstić information content (AvgIpc) is 2.92. The summed E-state index contributed by atoms with van der Waals surface area (Å²) >= 11 is 0. The number of fused-ring (bicyclic) bond motifs is 2. The molecule has 0 aliphatic carbocycles. The van der Waals surface area contributed by atoms with E-state index < -0.39 is 11.7 Å². The van der Waals surface area contributed by atoms with Gasteiger partial charge < -0.3 is 14.8 Å². The molecule has 4 rings (SSSR count). The van der Waals surface area contributed by atoms with E-state index in [0.717, 1.165) is 0 Å². The Hall–Kier alpha value is -3.55. The normalized spacial score (nSPS) is 17.6. The summed E-state index contributed by atoms with van der Waals surface area (Å²) in [5.74, 6) is -0.0265. The Morgan fingerprint density at radius 1 is 1.17 bits per heavy atom. The smallest absolute Gasteiger partial charge is 0.412 e. The van der Waals surface area contributed by atoms with Crippen molar-refractivity contribution in [2.75, 3.05) is 23.7 Å². The molecule has 2 aromatic carbocycles. The summed E-state index contributed by atoms with van der Waals surface area (Å²) < 4.78 is 11.2. The third kappa shape index (κ3) is 3.94. The number of imide groups is 1. The predicted molar refractivity (Wildman–Crippen MR) is 111 cm³/mol. The van der Waals surface area contributed by atoms with Crippen LogP contribution in [0.3, 0.4) is 0 Å². The molecule has 0 radical (unpaired) electrons. The van der Waals surface area contributed by atoms with Crippen molar-refractivity contribution in [2.45, 2.75) is 32.5 Å². The van der Waals surface area contributed by atoms with Crippen LogP contribution < -0.4 is 15.4 Å². The van der Waals surface area contributed by atoms with E-state index in [1.54, 1.807) is 63.2 Å². The second kappa shape index (κ2) is 7.37. The maximum Gasteiger partial charge on any atom is 0.412 e. The van der Waals surface area contributed by atoms with Crippen LogP contribution in [0.2, 0.25) is 0 Å². The summed E-state index contributed by atoms with van der Waals surface area (Å²) in [6.07, 6.45) is -0.924. The summed E-state index contributed by atoms with van der Waals surface area (Å²) in [4.78, 5) is 38.3. The Morgan fingerprint density at radius 3 is 2.47 bits per heavy atom. The molecule has 8 heteroatoms. The first kappa shape index (κ1) is 19.8. The van der Waals surface area contributed by atoms with Gasteiger partial charge in [-0.3, -0.25) is 19.8 Å². The first-order valence-corrected chi connectivity index (χ1v) is 9.71. The number of hydrogen-bond donors (Lipinski definition) is 2. The lowest BCUT2D eigenvalue weighted by molar-refractivity contribution is 0.0575. The summed E-state index contributed by atoms with van der Waals surface area (Å²) in [5, 5.41) is 5.92. The number of amides is 3. The number of ether oxygens (including phenoxy) is 2. The molecule has 0 unspecified atom stereocenters. The van der Waals surface area contributed by atoms with Gasteiger partial charge in [0.2, 0.25) is 0 Å². The molecule has 3 amide bonds. The van der Waals surface area contributed by atoms with Crippen LogP contribution >= 0.6 is 0 Å². The Labute approximate surface area is 174 Å². The molecule has 2 N–H and O–H groups in total. The maximum atomic E-state index is 12.5. The summed E-state index contributed by atoms with van der Waals surface area (Å²) in [5.41, 5.74) is 1.53. The van der Waals surface area contributed by atoms with Crippen molar-refractivity contribution in [1.82, 2.24) is 4.90 Å². The molecule has 30 heavy (non-hydrogen) atoms. The molecule has 0 bridgehead atoms. The van der Waals surface area contributed by atoms with Crippen LogP contribution in [0.5, 0.6) is 5.75 Å². The van der Waals surface area contributed by atoms with E-state index >= 15 is 0 Å². The third-order valence-corrected chi connectivity index (χ3v) is 4.70. The van der Waals surface area contributed by atoms with Crippen LogP contribution in [0.15, 0.2) is 42.5 Å². The van der Waals surface area contributed by atoms with Crippen molar-refractivity contribution < 1.29 is 23.9 Å². The maximum absolute atomic E-state index is 12.5. The highest BCUT2D eigenvalue weighted by Crippen LogP contribution is 2.33. The van der Waals surface area contributed by atoms with Gasteiger partial charge in [-0.05, 0) is 51.1 Å². The molecule has 0 fully saturated rings. The highest BCUT2D eigenvalue weighted by Gasteiger charge is 2.37. The second-order valence-corrected chi connectivity index (χ2v) is 8.23. The Bertz CT molecular complexity index is 993. The first-order chi connectivity index (χ1) is 14.2. The molecule has 2 aliphatic heterocycles. The highest BCUT2D eigenvalue weighted by molar-refractivity contribution is 6.21. The van der Waals surface area contributed by atoms with Crippen LogP contribution in [0.25, 0.3) is 0 Å². The van der Waals surface area contributed by atoms with Gasteiger partial charge in [0, 0.05) is 5.69 Å². The molecular formula is C22H23N3O5. The van der Waals surface area contributed by atoms with Gasteiger partial charge >= 0.3 is 6.09 Å². The summed E-state index contributed by atoms with van der Waals surface area (Å²) in [6.45, 7) is 5.95. The molecule has 1 atom stereocenters. The minimum absolute atomic E-state index is 0.150. The Kier molecular flexibility index (Phi) is 4.85. The van der Waals surface area contributed by atoms with E-state index in [1.807, 2.05) is 0 Å². The Balaban J connectivity index is 1.41. The number of nitrogens with zero attached hydrogens (tertiary/aromatic N) is 1. The first-order valence-electron chi connectivity index (χ1n) is 9.71. The highest BCUT2D eigenvalue weighted by atomic mass is 16.6. The number of anilines is 2. The van der Waals surface area contributed by atoms with E-state index in [2.05, 4.69) is 10.6 Å². The zero-order valence-electron chi connectivity index (χ0n) is 17.0. The van der Waals surface area contributed by atoms with Crippen molar-refractivity contribution in [3.05, 3.63) is 53.6 Å². The Morgan fingerprint density at radius 2 is 1.83 bits per heavy atom. The van der Waals surface area contributed by atoms with Crippen LogP contribution in [-0.4, -0.2) is 47.6 Å². The molecule has 0 saturated carbocycles. The van der Waals surface area contributed by atoms with Gasteiger partial charge in [0.1, 0.15) is 17.5 Å². The fourth-order valence-electron chi connectivity index (χ4n) is 3.43. The molecule has 0 saturated heterocycles. The van der Waals surface area contributed by atoms with Crippen LogP contribution in [-0.2, 0) is 4.74 Å². The minimum Gasteiger partial charge on any atom is -0.485 e. The van der Waals surface area contributed by atoms with E-state index in [-0.39, 0.29) is 24.5 Å². The van der Waals surface area contributed by atoms with E-state index in [4.69, 9.17) is 9.47 Å². The van der Waals surface area contributed by atoms with Crippen LogP contribution in [0.4, 0.5) is 16.2 Å². The van der Waals surface area contributed by atoms with Crippen LogP contribution in [0, 0.1) is 0 Å². The molecule has 0 aromatic heterocycles. The number of carbonyl (C=O) groups is 3. The molecule has 2 aliphatic rings. The monoisotopic (exact) mass is 409 g/mol. The quantitative estimate of drug-likeness (QED) is 0.753. The predicted octanol–water partition coefficient (Wildman–Crippen LogP) is 3.50. The van der Waals surface area contributed by atoms with Gasteiger partial charge in [-0.1, -0.05) is 12.1 Å². The molecule has 156 valence electrons. The zero-order chi connectivity index (χ0) is 21.5. The lowest BCUT2D eigenvalue weighted by Crippen LogP contribution is -2.44. The fourth-order valence-corrected chi connectivity index (χ4v) is 3.43. The number of benzene rings is 2. The van der Waals surface area contributed by atoms with Gasteiger partial charge in [-0.2, -0.15) is 0 Å². The van der Waals surface area contributed by atoms with E-state index in [9.17, 15) is 14.4 Å². The summed E-state index contributed by atoms with van der Waals surface area (Å²) in [7, 11) is 0. The average molecular weight is 409 g/mol. The summed E-state index contributed by atoms with van der Waals surface area (Å²) in [6, 6.07) is 12.0. The molecule has 0 spiro atoms. The van der Waals surface area contributed by atoms with Crippen LogP contribution in [0.1, 0.15) is 41.5 Å². The van der Waals surface area contributed by atoms with Crippen molar-refractivity contribution in [2.24, 2.45) is 0 Å². The molecule has 8 nitrogen and oxygen atoms in total. The zero-order valence-corrected chi connectivity index (χ0v) is 17.0. The third-order valence-electron chi connectivity index (χ3n) is 4.70. The van der Waals surface area contributed by atoms with Gasteiger partial charge in [0.25, 0.3) is 11.8 Å². The van der Waals surface area contributed by atoms with E-state index in [1.165, 1.54) is 4.90 Å². The standard InChI is InChI=1S/C22H23N3O5/c1-22(2,3)30-21(28)24-13-8-9-18-17(10-13)23-11-14(29-18)12-25-19(26)15-6-4-5-7-16(15)20(25)27/h4-10,14,23H,11-12H2,1-3H3,(H,24,28)/t14-/m1/s1. The molecule has 2 aromatic rings. The topological polar surface area (TPSA) is 97.0 Å². The van der Waals surface area contributed by atoms with E-state index in [0.29, 0.717) is 34.8 Å². The number of rotatable bonds is 3. The molecular weight excluding hydrogens is 386 g/mol. The van der Waals surface area contributed by atoms with Crippen molar-refractivity contribution in [3.63, 3.8) is 0 Å². The number of hydrogen-bond acceptors (Lipinski definition) is 6. The van der Waals surface area contributed by atoms with Crippen molar-refractivity contribution in [3.8, 4) is 5.75 Å². The van der Waals surface area contributed by atoms with Gasteiger partial charge in [0.15, 0.2) is 0 Å². The van der Waals surface area contributed by atoms with Crippen molar-refractivity contribution >= 4 is 29.3 Å². The number of carbonyl (C=O) groups excluding carboxylic acids is 3. The largest absolute Gasteiger partial charge is 0.485 e. The lowest BCUT2D eigenvalue weighted by Gasteiger charge is -2.30. The van der Waals surface area contributed by atoms with Crippen molar-refractivity contribution in [1.29, 1.82) is 0 Å². The van der Waals surface area contributed by atoms with Gasteiger partial charge in [-0.15, -0.1) is 0 Å². The minimum atomic E-state index is -0.586. The SMILES string of the molecule is CC(C)(C)OC(=O)Nc1ccc2c(c1)NC[C@H](CN1C(=O)c3ccccc3C1=O)O2. The second-order valence-electron chi connectivity index (χ2n) is 8.23. The fraction of sp³-hybridized carbons (Fsp3) is 0.318. The van der Waals surface area contributed by atoms with Gasteiger partial charge in [-0.25, -0.2) is 4.79 Å².